The Bertz CT molecular complexity index is 1210. The molecule has 0 spiro atoms. The summed E-state index contributed by atoms with van der Waals surface area (Å²) in [5, 5.41) is 4.82. The number of benzene rings is 1. The van der Waals surface area contributed by atoms with Crippen LogP contribution in [-0.2, 0) is 24.9 Å². The summed E-state index contributed by atoms with van der Waals surface area (Å²) >= 11 is 6.44. The van der Waals surface area contributed by atoms with Gasteiger partial charge in [0.05, 0.1) is 11.9 Å². The maximum absolute atomic E-state index is 13.7. The summed E-state index contributed by atoms with van der Waals surface area (Å²) in [5.41, 5.74) is 4.15. The molecule has 0 bridgehead atoms. The molecule has 0 unspecified atom stereocenters. The van der Waals surface area contributed by atoms with Crippen LogP contribution in [0, 0.1) is 19.8 Å². The van der Waals surface area contributed by atoms with E-state index in [4.69, 9.17) is 11.6 Å². The highest BCUT2D eigenvalue weighted by Gasteiger charge is 2.29. The predicted molar refractivity (Wildman–Crippen MR) is 140 cm³/mol. The van der Waals surface area contributed by atoms with Crippen LogP contribution in [0.3, 0.4) is 0 Å². The van der Waals surface area contributed by atoms with Crippen molar-refractivity contribution in [1.82, 2.24) is 19.2 Å². The van der Waals surface area contributed by atoms with Gasteiger partial charge in [-0.05, 0) is 56.9 Å². The van der Waals surface area contributed by atoms with Gasteiger partial charge in [-0.25, -0.2) is 4.68 Å². The van der Waals surface area contributed by atoms with E-state index in [1.165, 1.54) is 16.1 Å². The molecule has 1 aromatic carbocycles. The van der Waals surface area contributed by atoms with Crippen LogP contribution in [0.15, 0.2) is 53.5 Å². The first-order valence-corrected chi connectivity index (χ1v) is 12.6. The summed E-state index contributed by atoms with van der Waals surface area (Å²) in [4.78, 5) is 29.8. The SMILES string of the molecule is Cc1ccc(C)n1CCCN(Cc1ccccc1Cl)C(=O)C1CCN(c2cnn(C)c(=O)c2)CC1. The largest absolute Gasteiger partial charge is 0.370 e. The van der Waals surface area contributed by atoms with Crippen LogP contribution >= 0.6 is 11.6 Å². The zero-order chi connectivity index (χ0) is 24.9. The normalized spacial score (nSPS) is 14.3. The average molecular weight is 496 g/mol. The van der Waals surface area contributed by atoms with Crippen molar-refractivity contribution in [3.8, 4) is 0 Å². The second kappa shape index (κ2) is 11.1. The van der Waals surface area contributed by atoms with Crippen molar-refractivity contribution in [2.24, 2.45) is 13.0 Å². The van der Waals surface area contributed by atoms with E-state index >= 15 is 0 Å². The molecule has 1 aliphatic heterocycles. The highest BCUT2D eigenvalue weighted by atomic mass is 35.5. The molecule has 1 amide bonds. The lowest BCUT2D eigenvalue weighted by Crippen LogP contribution is -2.43. The molecule has 1 fully saturated rings. The second-order valence-electron chi connectivity index (χ2n) is 9.41. The van der Waals surface area contributed by atoms with Crippen molar-refractivity contribution in [2.45, 2.75) is 46.2 Å². The highest BCUT2D eigenvalue weighted by Crippen LogP contribution is 2.25. The molecular weight excluding hydrogens is 462 g/mol. The molecule has 1 aliphatic rings. The molecule has 3 aromatic rings. The van der Waals surface area contributed by atoms with E-state index < -0.39 is 0 Å². The van der Waals surface area contributed by atoms with Gasteiger partial charge in [0.2, 0.25) is 5.91 Å². The van der Waals surface area contributed by atoms with E-state index in [0.717, 1.165) is 50.1 Å². The third-order valence-corrected chi connectivity index (χ3v) is 7.39. The second-order valence-corrected chi connectivity index (χ2v) is 9.82. The van der Waals surface area contributed by atoms with Gasteiger partial charge in [-0.3, -0.25) is 9.59 Å². The highest BCUT2D eigenvalue weighted by molar-refractivity contribution is 6.31. The lowest BCUT2D eigenvalue weighted by atomic mass is 9.94. The maximum atomic E-state index is 13.7. The molecular formula is C27H34ClN5O2. The van der Waals surface area contributed by atoms with Gasteiger partial charge >= 0.3 is 0 Å². The minimum absolute atomic E-state index is 0.0386. The van der Waals surface area contributed by atoms with Crippen molar-refractivity contribution in [1.29, 1.82) is 0 Å². The minimum atomic E-state index is -0.125. The van der Waals surface area contributed by atoms with Crippen LogP contribution in [0.25, 0.3) is 0 Å². The van der Waals surface area contributed by atoms with Crippen molar-refractivity contribution in [3.63, 3.8) is 0 Å². The molecule has 0 radical (unpaired) electrons. The van der Waals surface area contributed by atoms with Crippen LogP contribution in [0.1, 0.15) is 36.2 Å². The summed E-state index contributed by atoms with van der Waals surface area (Å²) in [5.74, 6) is 0.149. The minimum Gasteiger partial charge on any atom is -0.370 e. The Balaban J connectivity index is 1.42. The van der Waals surface area contributed by atoms with E-state index in [-0.39, 0.29) is 17.4 Å². The topological polar surface area (TPSA) is 63.4 Å². The standard InChI is InChI=1S/C27H34ClN5O2/c1-20-9-10-21(2)33(20)14-6-13-32(19-23-7-4-5-8-25(23)28)27(35)22-11-15-31(16-12-22)24-17-26(34)30(3)29-18-24/h4-5,7-10,17-18,22H,6,11-16,19H2,1-3H3. The molecule has 8 heteroatoms. The summed E-state index contributed by atoms with van der Waals surface area (Å²) in [7, 11) is 1.64. The predicted octanol–water partition coefficient (Wildman–Crippen LogP) is 4.19. The number of rotatable bonds is 8. The van der Waals surface area contributed by atoms with Crippen molar-refractivity contribution >= 4 is 23.2 Å². The molecule has 3 heterocycles. The number of aromatic nitrogens is 3. The van der Waals surface area contributed by atoms with Crippen LogP contribution in [0.5, 0.6) is 0 Å². The Kier molecular flexibility index (Phi) is 7.96. The number of halogens is 1. The van der Waals surface area contributed by atoms with Gasteiger partial charge in [-0.2, -0.15) is 5.10 Å². The van der Waals surface area contributed by atoms with Gasteiger partial charge in [0.15, 0.2) is 0 Å². The molecule has 0 aliphatic carbocycles. The van der Waals surface area contributed by atoms with Crippen molar-refractivity contribution in [2.75, 3.05) is 24.5 Å². The number of hydrogen-bond donors (Lipinski definition) is 0. The fourth-order valence-electron chi connectivity index (χ4n) is 4.85. The number of hydrogen-bond acceptors (Lipinski definition) is 4. The molecule has 4 rings (SSSR count). The first-order valence-electron chi connectivity index (χ1n) is 12.3. The molecule has 0 saturated carbocycles. The number of carbonyl (C=O) groups is 1. The smallest absolute Gasteiger partial charge is 0.268 e. The van der Waals surface area contributed by atoms with E-state index in [1.807, 2.05) is 29.2 Å². The van der Waals surface area contributed by atoms with Gasteiger partial charge in [0, 0.05) is 68.2 Å². The van der Waals surface area contributed by atoms with Crippen molar-refractivity contribution < 1.29 is 4.79 Å². The van der Waals surface area contributed by atoms with Crippen LogP contribution in [0.2, 0.25) is 5.02 Å². The van der Waals surface area contributed by atoms with Gasteiger partial charge < -0.3 is 14.4 Å². The van der Waals surface area contributed by atoms with E-state index in [1.54, 1.807) is 19.3 Å². The number of aryl methyl sites for hydroxylation is 3. The molecule has 7 nitrogen and oxygen atoms in total. The van der Waals surface area contributed by atoms with E-state index in [2.05, 4.69) is 40.5 Å². The lowest BCUT2D eigenvalue weighted by Gasteiger charge is -2.35. The van der Waals surface area contributed by atoms with Crippen LogP contribution in [-0.4, -0.2) is 44.8 Å². The third-order valence-electron chi connectivity index (χ3n) is 7.02. The molecule has 0 atom stereocenters. The fourth-order valence-corrected chi connectivity index (χ4v) is 5.04. The van der Waals surface area contributed by atoms with Crippen molar-refractivity contribution in [3.05, 3.63) is 81.0 Å². The zero-order valence-electron chi connectivity index (χ0n) is 20.8. The van der Waals surface area contributed by atoms with E-state index in [9.17, 15) is 9.59 Å². The number of amides is 1. The van der Waals surface area contributed by atoms with Gasteiger partial charge in [-0.15, -0.1) is 0 Å². The molecule has 0 N–H and O–H groups in total. The average Bonchev–Trinajstić information content (AvgIpc) is 3.18. The van der Waals surface area contributed by atoms with Gasteiger partial charge in [0.25, 0.3) is 5.56 Å². The Morgan fingerprint density at radius 2 is 1.80 bits per heavy atom. The molecule has 1 saturated heterocycles. The number of nitrogens with zero attached hydrogens (tertiary/aromatic N) is 5. The summed E-state index contributed by atoms with van der Waals surface area (Å²) < 4.78 is 3.62. The Labute approximate surface area is 211 Å². The lowest BCUT2D eigenvalue weighted by molar-refractivity contribution is -0.137. The van der Waals surface area contributed by atoms with Crippen LogP contribution in [0.4, 0.5) is 5.69 Å². The quantitative estimate of drug-likeness (QED) is 0.470. The zero-order valence-corrected chi connectivity index (χ0v) is 21.5. The maximum Gasteiger partial charge on any atom is 0.268 e. The Hall–Kier alpha value is -3.06. The Morgan fingerprint density at radius 3 is 2.46 bits per heavy atom. The van der Waals surface area contributed by atoms with Gasteiger partial charge in [0.1, 0.15) is 0 Å². The summed E-state index contributed by atoms with van der Waals surface area (Å²) in [6, 6.07) is 13.6. The summed E-state index contributed by atoms with van der Waals surface area (Å²) in [6.07, 6.45) is 4.11. The first kappa shape index (κ1) is 25.0. The van der Waals surface area contributed by atoms with Gasteiger partial charge in [-0.1, -0.05) is 29.8 Å². The number of anilines is 1. The number of carbonyl (C=O) groups excluding carboxylic acids is 1. The molecule has 186 valence electrons. The first-order chi connectivity index (χ1) is 16.8. The fraction of sp³-hybridized carbons (Fsp3) is 0.444. The van der Waals surface area contributed by atoms with Crippen LogP contribution < -0.4 is 10.5 Å². The molecule has 35 heavy (non-hydrogen) atoms. The Morgan fingerprint density at radius 1 is 1.11 bits per heavy atom. The van der Waals surface area contributed by atoms with E-state index in [0.29, 0.717) is 18.1 Å². The monoisotopic (exact) mass is 495 g/mol. The summed E-state index contributed by atoms with van der Waals surface area (Å²) in [6.45, 7) is 7.77. The number of piperidine rings is 1. The third kappa shape index (κ3) is 5.96. The molecule has 2 aromatic heterocycles.